The van der Waals surface area contributed by atoms with Crippen molar-refractivity contribution in [2.45, 2.75) is 37.7 Å². The first-order valence-electron chi connectivity index (χ1n) is 5.65. The number of para-hydroxylation sites is 1. The fraction of sp³-hybridized carbons (Fsp3) is 0.462. The molecule has 1 fully saturated rings. The van der Waals surface area contributed by atoms with Crippen LogP contribution in [0.3, 0.4) is 0 Å². The number of hydrogen-bond donors (Lipinski definition) is 0. The van der Waals surface area contributed by atoms with Gasteiger partial charge in [-0.1, -0.05) is 18.6 Å². The van der Waals surface area contributed by atoms with Gasteiger partial charge in [0.1, 0.15) is 11.9 Å². The molecule has 0 bridgehead atoms. The molecule has 1 aromatic carbocycles. The average molecular weight is 202 g/mol. The van der Waals surface area contributed by atoms with E-state index in [-0.39, 0.29) is 0 Å². The maximum absolute atomic E-state index is 10.9. The van der Waals surface area contributed by atoms with E-state index in [4.69, 9.17) is 4.74 Å². The van der Waals surface area contributed by atoms with Gasteiger partial charge in [0, 0.05) is 11.5 Å². The van der Waals surface area contributed by atoms with E-state index in [1.807, 2.05) is 12.1 Å². The van der Waals surface area contributed by atoms with E-state index in [0.29, 0.717) is 17.6 Å². The second-order valence-corrected chi connectivity index (χ2v) is 4.43. The Bertz CT molecular complexity index is 398. The zero-order valence-corrected chi connectivity index (χ0v) is 8.61. The zero-order chi connectivity index (χ0) is 10.3. The van der Waals surface area contributed by atoms with Crippen molar-refractivity contribution in [3.05, 3.63) is 29.3 Å². The van der Waals surface area contributed by atoms with E-state index >= 15 is 0 Å². The van der Waals surface area contributed by atoms with Crippen molar-refractivity contribution in [2.24, 2.45) is 0 Å². The molecule has 0 saturated heterocycles. The molecule has 2 unspecified atom stereocenters. The largest absolute Gasteiger partial charge is 0.489 e. The molecule has 78 valence electrons. The lowest BCUT2D eigenvalue weighted by Gasteiger charge is -2.23. The summed E-state index contributed by atoms with van der Waals surface area (Å²) in [6.45, 7) is 0. The number of benzene rings is 1. The van der Waals surface area contributed by atoms with Crippen LogP contribution >= 0.6 is 0 Å². The molecule has 2 atom stereocenters. The number of aldehydes is 1. The van der Waals surface area contributed by atoms with Gasteiger partial charge in [0.25, 0.3) is 0 Å². The fourth-order valence-electron chi connectivity index (χ4n) is 2.84. The van der Waals surface area contributed by atoms with Crippen LogP contribution < -0.4 is 4.74 Å². The van der Waals surface area contributed by atoms with Crippen LogP contribution in [0.1, 0.15) is 47.5 Å². The Labute approximate surface area is 89.2 Å². The third kappa shape index (κ3) is 1.28. The van der Waals surface area contributed by atoms with Crippen molar-refractivity contribution in [1.29, 1.82) is 0 Å². The van der Waals surface area contributed by atoms with Crippen LogP contribution in [0.25, 0.3) is 0 Å². The number of carbonyl (C=O) groups is 1. The van der Waals surface area contributed by atoms with Crippen LogP contribution in [0.15, 0.2) is 18.2 Å². The van der Waals surface area contributed by atoms with Crippen molar-refractivity contribution in [2.75, 3.05) is 0 Å². The molecule has 0 aromatic heterocycles. The predicted molar refractivity (Wildman–Crippen MR) is 57.5 cm³/mol. The minimum atomic E-state index is 0.329. The van der Waals surface area contributed by atoms with Gasteiger partial charge in [-0.3, -0.25) is 4.79 Å². The molecule has 1 saturated carbocycles. The first-order valence-corrected chi connectivity index (χ1v) is 5.65. The summed E-state index contributed by atoms with van der Waals surface area (Å²) in [5, 5.41) is 0. The Morgan fingerprint density at radius 1 is 1.27 bits per heavy atom. The normalized spacial score (nSPS) is 27.7. The molecule has 15 heavy (non-hydrogen) atoms. The Morgan fingerprint density at radius 2 is 2.13 bits per heavy atom. The van der Waals surface area contributed by atoms with Crippen LogP contribution in [0, 0.1) is 0 Å². The van der Waals surface area contributed by atoms with E-state index in [2.05, 4.69) is 6.07 Å². The molecular weight excluding hydrogens is 188 g/mol. The molecular formula is C13H14O2. The van der Waals surface area contributed by atoms with Crippen LogP contribution in [0.4, 0.5) is 0 Å². The number of hydrogen-bond acceptors (Lipinski definition) is 2. The average Bonchev–Trinajstić information content (AvgIpc) is 2.67. The smallest absolute Gasteiger partial charge is 0.153 e. The lowest BCUT2D eigenvalue weighted by molar-refractivity contribution is 0.111. The summed E-state index contributed by atoms with van der Waals surface area (Å²) in [4.78, 5) is 10.9. The molecule has 3 rings (SSSR count). The Hall–Kier alpha value is -1.31. The number of ether oxygens (including phenoxy) is 1. The van der Waals surface area contributed by atoms with E-state index in [1.165, 1.54) is 24.8 Å². The van der Waals surface area contributed by atoms with E-state index in [0.717, 1.165) is 18.5 Å². The summed E-state index contributed by atoms with van der Waals surface area (Å²) in [6.07, 6.45) is 6.11. The van der Waals surface area contributed by atoms with Gasteiger partial charge >= 0.3 is 0 Å². The van der Waals surface area contributed by atoms with Crippen molar-refractivity contribution in [1.82, 2.24) is 0 Å². The highest BCUT2D eigenvalue weighted by molar-refractivity contribution is 5.80. The molecule has 1 aliphatic heterocycles. The first-order chi connectivity index (χ1) is 7.40. The molecule has 0 amide bonds. The van der Waals surface area contributed by atoms with E-state index in [9.17, 15) is 4.79 Å². The van der Waals surface area contributed by atoms with Crippen molar-refractivity contribution in [3.63, 3.8) is 0 Å². The quantitative estimate of drug-likeness (QED) is 0.654. The highest BCUT2D eigenvalue weighted by atomic mass is 16.5. The lowest BCUT2D eigenvalue weighted by Crippen LogP contribution is -2.22. The van der Waals surface area contributed by atoms with Gasteiger partial charge in [-0.15, -0.1) is 0 Å². The number of carbonyl (C=O) groups excluding carboxylic acids is 1. The summed E-state index contributed by atoms with van der Waals surface area (Å²) in [5.74, 6) is 1.39. The molecule has 1 heterocycles. The van der Waals surface area contributed by atoms with Crippen molar-refractivity contribution < 1.29 is 9.53 Å². The van der Waals surface area contributed by atoms with Gasteiger partial charge in [-0.05, 0) is 25.3 Å². The first kappa shape index (κ1) is 8.96. The Morgan fingerprint density at radius 3 is 3.00 bits per heavy atom. The molecule has 2 nitrogen and oxygen atoms in total. The van der Waals surface area contributed by atoms with Crippen LogP contribution in [0.2, 0.25) is 0 Å². The summed E-state index contributed by atoms with van der Waals surface area (Å²) in [6, 6.07) is 5.91. The third-order valence-electron chi connectivity index (χ3n) is 3.57. The fourth-order valence-corrected chi connectivity index (χ4v) is 2.84. The number of rotatable bonds is 1. The SMILES string of the molecule is O=Cc1cccc2c1OC1CCCCC21. The highest BCUT2D eigenvalue weighted by Gasteiger charge is 2.36. The molecule has 2 heteroatoms. The van der Waals surface area contributed by atoms with E-state index < -0.39 is 0 Å². The summed E-state index contributed by atoms with van der Waals surface area (Å²) in [5.41, 5.74) is 1.96. The summed E-state index contributed by atoms with van der Waals surface area (Å²) < 4.78 is 5.90. The second kappa shape index (κ2) is 3.37. The minimum absolute atomic E-state index is 0.329. The lowest BCUT2D eigenvalue weighted by atomic mass is 9.83. The maximum atomic E-state index is 10.9. The Balaban J connectivity index is 2.06. The van der Waals surface area contributed by atoms with Crippen molar-refractivity contribution >= 4 is 6.29 Å². The molecule has 0 spiro atoms. The third-order valence-corrected chi connectivity index (χ3v) is 3.57. The monoisotopic (exact) mass is 202 g/mol. The van der Waals surface area contributed by atoms with Gasteiger partial charge in [0.05, 0.1) is 5.56 Å². The highest BCUT2D eigenvalue weighted by Crippen LogP contribution is 2.46. The second-order valence-electron chi connectivity index (χ2n) is 4.43. The number of fused-ring (bicyclic) bond motifs is 3. The van der Waals surface area contributed by atoms with Crippen LogP contribution in [-0.4, -0.2) is 12.4 Å². The summed E-state index contributed by atoms with van der Waals surface area (Å²) in [7, 11) is 0. The predicted octanol–water partition coefficient (Wildman–Crippen LogP) is 2.92. The molecule has 0 N–H and O–H groups in total. The van der Waals surface area contributed by atoms with Crippen LogP contribution in [-0.2, 0) is 0 Å². The molecule has 1 aliphatic carbocycles. The topological polar surface area (TPSA) is 26.3 Å². The van der Waals surface area contributed by atoms with Gasteiger partial charge < -0.3 is 4.74 Å². The maximum Gasteiger partial charge on any atom is 0.153 e. The van der Waals surface area contributed by atoms with Gasteiger partial charge in [-0.2, -0.15) is 0 Å². The molecule has 2 aliphatic rings. The molecule has 1 aromatic rings. The standard InChI is InChI=1S/C13H14O2/c14-8-9-4-3-6-11-10-5-1-2-7-12(10)15-13(9)11/h3-4,6,8,10,12H,1-2,5,7H2. The van der Waals surface area contributed by atoms with Gasteiger partial charge in [0.2, 0.25) is 0 Å². The van der Waals surface area contributed by atoms with Crippen molar-refractivity contribution in [3.8, 4) is 5.75 Å². The minimum Gasteiger partial charge on any atom is -0.489 e. The Kier molecular flexibility index (Phi) is 2.01. The van der Waals surface area contributed by atoms with Gasteiger partial charge in [0.15, 0.2) is 6.29 Å². The van der Waals surface area contributed by atoms with E-state index in [1.54, 1.807) is 0 Å². The van der Waals surface area contributed by atoms with Crippen LogP contribution in [0.5, 0.6) is 5.75 Å². The molecule has 0 radical (unpaired) electrons. The zero-order valence-electron chi connectivity index (χ0n) is 8.61. The van der Waals surface area contributed by atoms with Gasteiger partial charge in [-0.25, -0.2) is 0 Å². The summed E-state index contributed by atoms with van der Waals surface area (Å²) >= 11 is 0.